The summed E-state index contributed by atoms with van der Waals surface area (Å²) < 4.78 is 10.7. The van der Waals surface area contributed by atoms with Gasteiger partial charge >= 0.3 is 6.01 Å². The van der Waals surface area contributed by atoms with Crippen LogP contribution >= 0.6 is 11.6 Å². The number of hydrogen-bond donors (Lipinski definition) is 1. The fourth-order valence-electron chi connectivity index (χ4n) is 1.23. The van der Waals surface area contributed by atoms with Gasteiger partial charge in [-0.3, -0.25) is 0 Å². The highest BCUT2D eigenvalue weighted by Gasteiger charge is 2.20. The molecule has 0 amide bonds. The van der Waals surface area contributed by atoms with E-state index >= 15 is 0 Å². The Labute approximate surface area is 99.5 Å². The monoisotopic (exact) mass is 245 g/mol. The summed E-state index contributed by atoms with van der Waals surface area (Å²) in [6.45, 7) is 3.99. The van der Waals surface area contributed by atoms with Crippen molar-refractivity contribution in [3.8, 4) is 0 Å². The van der Waals surface area contributed by atoms with Crippen molar-refractivity contribution in [2.75, 3.05) is 25.1 Å². The number of nitrogens with one attached hydrogen (secondary N) is 1. The Kier molecular flexibility index (Phi) is 4.01. The zero-order chi connectivity index (χ0) is 11.4. The molecule has 1 N–H and O–H groups in total. The fraction of sp³-hybridized carbons (Fsp3) is 0.800. The van der Waals surface area contributed by atoms with Crippen LogP contribution in [-0.2, 0) is 4.74 Å². The lowest BCUT2D eigenvalue weighted by Gasteiger charge is -2.02. The van der Waals surface area contributed by atoms with E-state index in [1.54, 1.807) is 6.92 Å². The van der Waals surface area contributed by atoms with Gasteiger partial charge in [-0.05, 0) is 25.7 Å². The molecule has 6 heteroatoms. The van der Waals surface area contributed by atoms with E-state index in [1.807, 2.05) is 0 Å². The van der Waals surface area contributed by atoms with Gasteiger partial charge in [0.25, 0.3) is 0 Å². The van der Waals surface area contributed by atoms with Crippen LogP contribution in [0.3, 0.4) is 0 Å². The summed E-state index contributed by atoms with van der Waals surface area (Å²) in [5.41, 5.74) is 0. The standard InChI is InChI=1S/C10H16ClN3O2/c1-7(11)9-13-14-10(16-9)12-4-5-15-6-8-2-3-8/h7-8H,2-6H2,1H3,(H,12,14). The third-order valence-electron chi connectivity index (χ3n) is 2.35. The van der Waals surface area contributed by atoms with Crippen LogP contribution in [0, 0.1) is 5.92 Å². The van der Waals surface area contributed by atoms with Gasteiger partial charge in [0.05, 0.1) is 6.61 Å². The van der Waals surface area contributed by atoms with E-state index in [0.29, 0.717) is 25.1 Å². The zero-order valence-corrected chi connectivity index (χ0v) is 10.0. The lowest BCUT2D eigenvalue weighted by molar-refractivity contribution is 0.133. The molecular formula is C10H16ClN3O2. The molecule has 0 aliphatic heterocycles. The molecule has 0 aromatic carbocycles. The first-order valence-electron chi connectivity index (χ1n) is 5.55. The van der Waals surface area contributed by atoms with Crippen molar-refractivity contribution in [2.24, 2.45) is 5.92 Å². The minimum atomic E-state index is -0.255. The number of nitrogens with zero attached hydrogens (tertiary/aromatic N) is 2. The average molecular weight is 246 g/mol. The second-order valence-corrected chi connectivity index (χ2v) is 4.66. The van der Waals surface area contributed by atoms with Crippen molar-refractivity contribution in [1.29, 1.82) is 0 Å². The molecule has 1 aliphatic carbocycles. The van der Waals surface area contributed by atoms with Gasteiger partial charge in [0.2, 0.25) is 5.89 Å². The number of rotatable bonds is 7. The number of ether oxygens (including phenoxy) is 1. The summed E-state index contributed by atoms with van der Waals surface area (Å²) in [4.78, 5) is 0. The van der Waals surface area contributed by atoms with E-state index in [0.717, 1.165) is 12.5 Å². The molecule has 0 spiro atoms. The Morgan fingerprint density at radius 2 is 2.38 bits per heavy atom. The zero-order valence-electron chi connectivity index (χ0n) is 9.28. The molecule has 5 nitrogen and oxygen atoms in total. The summed E-state index contributed by atoms with van der Waals surface area (Å²) in [5.74, 6) is 1.23. The number of aromatic nitrogens is 2. The van der Waals surface area contributed by atoms with Gasteiger partial charge in [0.1, 0.15) is 5.38 Å². The normalized spacial score (nSPS) is 17.4. The van der Waals surface area contributed by atoms with Crippen molar-refractivity contribution in [3.63, 3.8) is 0 Å². The first kappa shape index (κ1) is 11.7. The summed E-state index contributed by atoms with van der Waals surface area (Å²) in [6.07, 6.45) is 2.63. The van der Waals surface area contributed by atoms with E-state index in [9.17, 15) is 0 Å². The maximum absolute atomic E-state index is 5.79. The molecular weight excluding hydrogens is 230 g/mol. The van der Waals surface area contributed by atoms with Crippen molar-refractivity contribution in [3.05, 3.63) is 5.89 Å². The van der Waals surface area contributed by atoms with Crippen molar-refractivity contribution in [2.45, 2.75) is 25.1 Å². The Morgan fingerprint density at radius 3 is 3.00 bits per heavy atom. The van der Waals surface area contributed by atoms with Crippen LogP contribution in [0.1, 0.15) is 31.0 Å². The minimum absolute atomic E-state index is 0.255. The molecule has 0 saturated heterocycles. The first-order chi connectivity index (χ1) is 7.75. The number of hydrogen-bond acceptors (Lipinski definition) is 5. The first-order valence-corrected chi connectivity index (χ1v) is 5.98. The molecule has 1 atom stereocenters. The fourth-order valence-corrected chi connectivity index (χ4v) is 1.32. The van der Waals surface area contributed by atoms with Crippen molar-refractivity contribution in [1.82, 2.24) is 10.2 Å². The molecule has 16 heavy (non-hydrogen) atoms. The van der Waals surface area contributed by atoms with Gasteiger partial charge in [-0.15, -0.1) is 16.7 Å². The molecule has 90 valence electrons. The average Bonchev–Trinajstić information content (AvgIpc) is 2.94. The van der Waals surface area contributed by atoms with Crippen LogP contribution in [0.5, 0.6) is 0 Å². The summed E-state index contributed by atoms with van der Waals surface area (Å²) >= 11 is 5.79. The Balaban J connectivity index is 1.60. The van der Waals surface area contributed by atoms with E-state index in [4.69, 9.17) is 20.8 Å². The highest BCUT2D eigenvalue weighted by molar-refractivity contribution is 6.20. The molecule has 1 unspecified atom stereocenters. The maximum Gasteiger partial charge on any atom is 0.315 e. The van der Waals surface area contributed by atoms with Gasteiger partial charge in [-0.25, -0.2) is 0 Å². The molecule has 1 aromatic heterocycles. The van der Waals surface area contributed by atoms with E-state index < -0.39 is 0 Å². The SMILES string of the molecule is CC(Cl)c1nnc(NCCOCC2CC2)o1. The van der Waals surface area contributed by atoms with Crippen LogP contribution in [0.25, 0.3) is 0 Å². The van der Waals surface area contributed by atoms with Crippen LogP contribution in [0.15, 0.2) is 4.42 Å². The van der Waals surface area contributed by atoms with Gasteiger partial charge in [-0.1, -0.05) is 5.10 Å². The Bertz CT molecular complexity index is 326. The lowest BCUT2D eigenvalue weighted by Crippen LogP contribution is -2.10. The summed E-state index contributed by atoms with van der Waals surface area (Å²) in [6, 6.07) is 0.400. The third kappa shape index (κ3) is 3.64. The smallest absolute Gasteiger partial charge is 0.315 e. The van der Waals surface area contributed by atoms with Gasteiger partial charge < -0.3 is 14.5 Å². The van der Waals surface area contributed by atoms with E-state index in [1.165, 1.54) is 12.8 Å². The second-order valence-electron chi connectivity index (χ2n) is 4.01. The molecule has 1 aliphatic rings. The van der Waals surface area contributed by atoms with Gasteiger partial charge in [0, 0.05) is 13.2 Å². The second kappa shape index (κ2) is 5.50. The minimum Gasteiger partial charge on any atom is -0.407 e. The van der Waals surface area contributed by atoms with Crippen molar-refractivity contribution >= 4 is 17.6 Å². The number of alkyl halides is 1. The lowest BCUT2D eigenvalue weighted by atomic mass is 10.5. The van der Waals surface area contributed by atoms with Crippen LogP contribution in [-0.4, -0.2) is 30.0 Å². The predicted octanol–water partition coefficient (Wildman–Crippen LogP) is 2.21. The van der Waals surface area contributed by atoms with Crippen LogP contribution in [0.4, 0.5) is 6.01 Å². The molecule has 2 rings (SSSR count). The highest BCUT2D eigenvalue weighted by atomic mass is 35.5. The molecule has 1 heterocycles. The van der Waals surface area contributed by atoms with Crippen molar-refractivity contribution < 1.29 is 9.15 Å². The third-order valence-corrected chi connectivity index (χ3v) is 2.54. The molecule has 1 fully saturated rings. The Morgan fingerprint density at radius 1 is 1.56 bits per heavy atom. The largest absolute Gasteiger partial charge is 0.407 e. The maximum atomic E-state index is 5.79. The Hall–Kier alpha value is -0.810. The van der Waals surface area contributed by atoms with E-state index in [-0.39, 0.29) is 5.38 Å². The molecule has 1 aromatic rings. The molecule has 0 bridgehead atoms. The highest BCUT2D eigenvalue weighted by Crippen LogP contribution is 2.28. The van der Waals surface area contributed by atoms with Gasteiger partial charge in [0.15, 0.2) is 0 Å². The van der Waals surface area contributed by atoms with Gasteiger partial charge in [-0.2, -0.15) is 0 Å². The van der Waals surface area contributed by atoms with Crippen LogP contribution < -0.4 is 5.32 Å². The predicted molar refractivity (Wildman–Crippen MR) is 60.6 cm³/mol. The topological polar surface area (TPSA) is 60.2 Å². The summed E-state index contributed by atoms with van der Waals surface area (Å²) in [7, 11) is 0. The number of halogens is 1. The molecule has 1 saturated carbocycles. The van der Waals surface area contributed by atoms with E-state index in [2.05, 4.69) is 15.5 Å². The number of anilines is 1. The molecule has 0 radical (unpaired) electrons. The summed E-state index contributed by atoms with van der Waals surface area (Å²) in [5, 5.41) is 10.4. The van der Waals surface area contributed by atoms with Crippen LogP contribution in [0.2, 0.25) is 0 Å². The quantitative estimate of drug-likeness (QED) is 0.590.